The highest BCUT2D eigenvalue weighted by Crippen LogP contribution is 2.16. The second-order valence-electron chi connectivity index (χ2n) is 5.16. The van der Waals surface area contributed by atoms with Gasteiger partial charge in [-0.05, 0) is 12.1 Å². The molecule has 0 bridgehead atoms. The first-order valence-corrected chi connectivity index (χ1v) is 7.79. The molecule has 0 unspecified atom stereocenters. The van der Waals surface area contributed by atoms with Gasteiger partial charge in [-0.2, -0.15) is 0 Å². The summed E-state index contributed by atoms with van der Waals surface area (Å²) in [6, 6.07) is 5.23. The van der Waals surface area contributed by atoms with Crippen LogP contribution in [-0.4, -0.2) is 60.3 Å². The molecule has 0 aromatic carbocycles. The fourth-order valence-corrected chi connectivity index (χ4v) is 2.29. The van der Waals surface area contributed by atoms with Gasteiger partial charge >= 0.3 is 0 Å². The van der Waals surface area contributed by atoms with Gasteiger partial charge in [0.05, 0.1) is 25.3 Å². The molecule has 2 aromatic heterocycles. The summed E-state index contributed by atoms with van der Waals surface area (Å²) in [7, 11) is 0. The summed E-state index contributed by atoms with van der Waals surface area (Å²) in [5, 5.41) is 2.77. The monoisotopic (exact) mass is 329 g/mol. The Morgan fingerprint density at radius 1 is 1.33 bits per heavy atom. The van der Waals surface area contributed by atoms with Gasteiger partial charge in [-0.3, -0.25) is 9.78 Å². The summed E-state index contributed by atoms with van der Waals surface area (Å²) in [5.41, 5.74) is 0.522. The Balaban J connectivity index is 1.46. The lowest BCUT2D eigenvalue weighted by Gasteiger charge is -2.27. The lowest BCUT2D eigenvalue weighted by atomic mass is 10.3. The number of amides is 1. The molecule has 0 atom stereocenters. The molecule has 0 radical (unpaired) electrons. The molecule has 8 heteroatoms. The molecule has 0 spiro atoms. The van der Waals surface area contributed by atoms with E-state index in [0.29, 0.717) is 37.8 Å². The van der Waals surface area contributed by atoms with Crippen LogP contribution in [0.15, 0.2) is 36.9 Å². The average molecular weight is 329 g/mol. The van der Waals surface area contributed by atoms with Crippen molar-refractivity contribution in [3.8, 4) is 5.88 Å². The third kappa shape index (κ3) is 4.39. The van der Waals surface area contributed by atoms with Crippen molar-refractivity contribution in [2.45, 2.75) is 0 Å². The van der Waals surface area contributed by atoms with E-state index in [9.17, 15) is 4.79 Å². The van der Waals surface area contributed by atoms with Crippen molar-refractivity contribution in [1.29, 1.82) is 0 Å². The van der Waals surface area contributed by atoms with Gasteiger partial charge in [-0.25, -0.2) is 9.97 Å². The molecule has 1 fully saturated rings. The average Bonchev–Trinajstić information content (AvgIpc) is 2.67. The van der Waals surface area contributed by atoms with Crippen molar-refractivity contribution < 1.29 is 14.3 Å². The SMILES string of the molecule is O=C(NCCOc1cc(N2CCOCC2)ncn1)c1cccnc1. The molecular weight excluding hydrogens is 310 g/mol. The van der Waals surface area contributed by atoms with Crippen LogP contribution in [0.3, 0.4) is 0 Å². The van der Waals surface area contributed by atoms with Crippen molar-refractivity contribution in [1.82, 2.24) is 20.3 Å². The van der Waals surface area contributed by atoms with E-state index in [-0.39, 0.29) is 5.91 Å². The molecule has 2 aromatic rings. The van der Waals surface area contributed by atoms with E-state index in [1.807, 2.05) is 0 Å². The van der Waals surface area contributed by atoms with Crippen LogP contribution in [0.25, 0.3) is 0 Å². The highest BCUT2D eigenvalue weighted by Gasteiger charge is 2.13. The Morgan fingerprint density at radius 3 is 3.00 bits per heavy atom. The number of nitrogens with zero attached hydrogens (tertiary/aromatic N) is 4. The molecule has 1 aliphatic heterocycles. The summed E-state index contributed by atoms with van der Waals surface area (Å²) < 4.78 is 10.9. The lowest BCUT2D eigenvalue weighted by molar-refractivity contribution is 0.0946. The van der Waals surface area contributed by atoms with Gasteiger partial charge in [0.2, 0.25) is 5.88 Å². The fraction of sp³-hybridized carbons (Fsp3) is 0.375. The van der Waals surface area contributed by atoms with E-state index in [1.165, 1.54) is 12.5 Å². The quantitative estimate of drug-likeness (QED) is 0.773. The smallest absolute Gasteiger partial charge is 0.252 e. The van der Waals surface area contributed by atoms with E-state index in [2.05, 4.69) is 25.2 Å². The first-order chi connectivity index (χ1) is 11.8. The first kappa shape index (κ1) is 16.1. The summed E-state index contributed by atoms with van der Waals surface area (Å²) in [6.45, 7) is 3.70. The lowest BCUT2D eigenvalue weighted by Crippen LogP contribution is -2.36. The van der Waals surface area contributed by atoms with Crippen molar-refractivity contribution in [3.63, 3.8) is 0 Å². The molecule has 1 saturated heterocycles. The maximum atomic E-state index is 11.9. The Labute approximate surface area is 139 Å². The van der Waals surface area contributed by atoms with Crippen molar-refractivity contribution in [2.24, 2.45) is 0 Å². The van der Waals surface area contributed by atoms with Gasteiger partial charge in [-0.15, -0.1) is 0 Å². The van der Waals surface area contributed by atoms with Crippen molar-refractivity contribution in [2.75, 3.05) is 44.4 Å². The van der Waals surface area contributed by atoms with Crippen LogP contribution in [0.2, 0.25) is 0 Å². The second-order valence-corrected chi connectivity index (χ2v) is 5.16. The van der Waals surface area contributed by atoms with Gasteiger partial charge in [0, 0.05) is 31.5 Å². The Bertz CT molecular complexity index is 662. The van der Waals surface area contributed by atoms with Crippen LogP contribution in [-0.2, 0) is 4.74 Å². The summed E-state index contributed by atoms with van der Waals surface area (Å²) in [5.74, 6) is 1.13. The number of aromatic nitrogens is 3. The van der Waals surface area contributed by atoms with Gasteiger partial charge in [-0.1, -0.05) is 0 Å². The van der Waals surface area contributed by atoms with Gasteiger partial charge in [0.25, 0.3) is 5.91 Å². The molecule has 0 aliphatic carbocycles. The van der Waals surface area contributed by atoms with Crippen molar-refractivity contribution >= 4 is 11.7 Å². The highest BCUT2D eigenvalue weighted by atomic mass is 16.5. The van der Waals surface area contributed by atoms with Crippen LogP contribution >= 0.6 is 0 Å². The molecule has 126 valence electrons. The zero-order valence-corrected chi connectivity index (χ0v) is 13.2. The van der Waals surface area contributed by atoms with Crippen LogP contribution in [0.5, 0.6) is 5.88 Å². The van der Waals surface area contributed by atoms with Gasteiger partial charge in [0.1, 0.15) is 18.8 Å². The normalized spacial score (nSPS) is 14.2. The van der Waals surface area contributed by atoms with Crippen LogP contribution < -0.4 is 15.0 Å². The number of hydrogen-bond donors (Lipinski definition) is 1. The number of pyridine rings is 1. The van der Waals surface area contributed by atoms with Gasteiger partial charge in [0.15, 0.2) is 0 Å². The molecule has 8 nitrogen and oxygen atoms in total. The first-order valence-electron chi connectivity index (χ1n) is 7.79. The maximum absolute atomic E-state index is 11.9. The van der Waals surface area contributed by atoms with E-state index < -0.39 is 0 Å². The summed E-state index contributed by atoms with van der Waals surface area (Å²) >= 11 is 0. The Hall–Kier alpha value is -2.74. The van der Waals surface area contributed by atoms with E-state index >= 15 is 0 Å². The highest BCUT2D eigenvalue weighted by molar-refractivity contribution is 5.93. The molecule has 3 heterocycles. The standard InChI is InChI=1S/C16H19N5O3/c22-16(13-2-1-3-17-11-13)18-4-7-24-15-10-14(19-12-20-15)21-5-8-23-9-6-21/h1-3,10-12H,4-9H2,(H,18,22). The zero-order valence-electron chi connectivity index (χ0n) is 13.2. The maximum Gasteiger partial charge on any atom is 0.252 e. The molecule has 1 amide bonds. The van der Waals surface area contributed by atoms with Crippen LogP contribution in [0.1, 0.15) is 10.4 Å². The number of anilines is 1. The largest absolute Gasteiger partial charge is 0.476 e. The minimum absolute atomic E-state index is 0.177. The van der Waals surface area contributed by atoms with E-state index in [4.69, 9.17) is 9.47 Å². The zero-order chi connectivity index (χ0) is 16.6. The molecule has 1 aliphatic rings. The molecular formula is C16H19N5O3. The number of nitrogens with one attached hydrogen (secondary N) is 1. The summed E-state index contributed by atoms with van der Waals surface area (Å²) in [6.07, 6.45) is 4.63. The Morgan fingerprint density at radius 2 is 2.21 bits per heavy atom. The number of rotatable bonds is 6. The third-order valence-electron chi connectivity index (χ3n) is 3.52. The molecule has 3 rings (SSSR count). The van der Waals surface area contributed by atoms with E-state index in [0.717, 1.165) is 18.9 Å². The predicted octanol–water partition coefficient (Wildman–Crippen LogP) is 0.517. The minimum atomic E-state index is -0.177. The Kier molecular flexibility index (Phi) is 5.52. The second kappa shape index (κ2) is 8.21. The van der Waals surface area contributed by atoms with Gasteiger partial charge < -0.3 is 19.7 Å². The topological polar surface area (TPSA) is 89.5 Å². The summed E-state index contributed by atoms with van der Waals surface area (Å²) in [4.78, 5) is 26.3. The predicted molar refractivity (Wildman–Crippen MR) is 87.1 cm³/mol. The molecule has 24 heavy (non-hydrogen) atoms. The number of ether oxygens (including phenoxy) is 2. The fourth-order valence-electron chi connectivity index (χ4n) is 2.29. The van der Waals surface area contributed by atoms with Crippen LogP contribution in [0, 0.1) is 0 Å². The van der Waals surface area contributed by atoms with Crippen molar-refractivity contribution in [3.05, 3.63) is 42.5 Å². The third-order valence-corrected chi connectivity index (χ3v) is 3.52. The minimum Gasteiger partial charge on any atom is -0.476 e. The number of carbonyl (C=O) groups is 1. The molecule has 1 N–H and O–H groups in total. The number of morpholine rings is 1. The van der Waals surface area contributed by atoms with E-state index in [1.54, 1.807) is 24.4 Å². The number of hydrogen-bond acceptors (Lipinski definition) is 7. The molecule has 0 saturated carbocycles. The van der Waals surface area contributed by atoms with Crippen LogP contribution in [0.4, 0.5) is 5.82 Å². The number of carbonyl (C=O) groups excluding carboxylic acids is 1.